The van der Waals surface area contributed by atoms with Gasteiger partial charge in [0, 0.05) is 17.1 Å². The van der Waals surface area contributed by atoms with Gasteiger partial charge in [0.15, 0.2) is 5.82 Å². The molecule has 1 atom stereocenters. The fourth-order valence-electron chi connectivity index (χ4n) is 3.04. The van der Waals surface area contributed by atoms with Crippen molar-refractivity contribution in [1.29, 1.82) is 0 Å². The van der Waals surface area contributed by atoms with E-state index in [1.807, 2.05) is 44.2 Å². The first-order chi connectivity index (χ1) is 13.8. The number of aromatic nitrogens is 3. The predicted octanol–water partition coefficient (Wildman–Crippen LogP) is 3.85. The van der Waals surface area contributed by atoms with E-state index in [0.29, 0.717) is 11.5 Å². The van der Waals surface area contributed by atoms with Crippen molar-refractivity contribution in [2.24, 2.45) is 0 Å². The van der Waals surface area contributed by atoms with Gasteiger partial charge in [0.25, 0.3) is 0 Å². The number of benzene rings is 1. The van der Waals surface area contributed by atoms with Gasteiger partial charge in [0.1, 0.15) is 0 Å². The van der Waals surface area contributed by atoms with Crippen LogP contribution in [0.25, 0.3) is 5.82 Å². The molecule has 0 aliphatic heterocycles. The molecule has 150 valence electrons. The van der Waals surface area contributed by atoms with Crippen LogP contribution >= 0.6 is 15.9 Å². The average molecular weight is 456 g/mol. The minimum atomic E-state index is -0.414. The number of aryl methyl sites for hydroxylation is 2. The first kappa shape index (κ1) is 20.7. The Labute approximate surface area is 177 Å². The third-order valence-corrected chi connectivity index (χ3v) is 4.83. The van der Waals surface area contributed by atoms with Crippen molar-refractivity contribution in [3.8, 4) is 5.82 Å². The molecule has 7 nitrogen and oxygen atoms in total. The van der Waals surface area contributed by atoms with E-state index in [2.05, 4.69) is 36.6 Å². The summed E-state index contributed by atoms with van der Waals surface area (Å²) in [7, 11) is 0. The van der Waals surface area contributed by atoms with Crippen molar-refractivity contribution >= 4 is 33.4 Å². The van der Waals surface area contributed by atoms with Crippen LogP contribution in [0.2, 0.25) is 0 Å². The number of rotatable bonds is 6. The number of anilines is 1. The van der Waals surface area contributed by atoms with Gasteiger partial charge < -0.3 is 10.6 Å². The molecule has 0 fully saturated rings. The van der Waals surface area contributed by atoms with E-state index in [0.717, 1.165) is 21.4 Å². The highest BCUT2D eigenvalue weighted by molar-refractivity contribution is 9.10. The Morgan fingerprint density at radius 1 is 1.14 bits per heavy atom. The van der Waals surface area contributed by atoms with Crippen molar-refractivity contribution in [2.75, 3.05) is 5.32 Å². The van der Waals surface area contributed by atoms with Gasteiger partial charge in [-0.05, 0) is 49.7 Å². The van der Waals surface area contributed by atoms with Crippen LogP contribution in [0.5, 0.6) is 0 Å². The van der Waals surface area contributed by atoms with Crippen LogP contribution in [0.15, 0.2) is 53.1 Å². The Morgan fingerprint density at radius 2 is 1.86 bits per heavy atom. The Hall–Kier alpha value is -3.00. The fraction of sp³-hybridized carbons (Fsp3) is 0.238. The molecule has 0 spiro atoms. The highest BCUT2D eigenvalue weighted by Gasteiger charge is 2.17. The molecule has 0 aliphatic carbocycles. The molecule has 0 radical (unpaired) electrons. The standard InChI is InChI=1S/C21H22BrN5O2/c1-13-10-14(2)27(26-13)20-9-8-18(12-23-20)25-21(29)11-19(24-15(3)28)16-4-6-17(22)7-5-16/h4-10,12,19H,11H2,1-3H3,(H,24,28)(H,25,29). The zero-order chi connectivity index (χ0) is 21.0. The second-order valence-corrected chi connectivity index (χ2v) is 7.72. The largest absolute Gasteiger partial charge is 0.349 e. The molecule has 0 saturated heterocycles. The summed E-state index contributed by atoms with van der Waals surface area (Å²) in [6.45, 7) is 5.32. The van der Waals surface area contributed by atoms with Crippen LogP contribution in [0.4, 0.5) is 5.69 Å². The third kappa shape index (κ3) is 5.51. The number of hydrogen-bond donors (Lipinski definition) is 2. The smallest absolute Gasteiger partial charge is 0.226 e. The fourth-order valence-corrected chi connectivity index (χ4v) is 3.30. The van der Waals surface area contributed by atoms with Gasteiger partial charge in [-0.25, -0.2) is 9.67 Å². The molecule has 3 aromatic rings. The summed E-state index contributed by atoms with van der Waals surface area (Å²) in [6.07, 6.45) is 1.71. The minimum absolute atomic E-state index is 0.112. The molecule has 29 heavy (non-hydrogen) atoms. The summed E-state index contributed by atoms with van der Waals surface area (Å²) in [6, 6.07) is 12.7. The molecular formula is C21H22BrN5O2. The van der Waals surface area contributed by atoms with Crippen LogP contribution in [-0.2, 0) is 9.59 Å². The summed E-state index contributed by atoms with van der Waals surface area (Å²) in [4.78, 5) is 28.5. The highest BCUT2D eigenvalue weighted by Crippen LogP contribution is 2.21. The van der Waals surface area contributed by atoms with Crippen molar-refractivity contribution < 1.29 is 9.59 Å². The van der Waals surface area contributed by atoms with Gasteiger partial charge in [0.2, 0.25) is 11.8 Å². The number of pyridine rings is 1. The van der Waals surface area contributed by atoms with Crippen LogP contribution in [-0.4, -0.2) is 26.6 Å². The van der Waals surface area contributed by atoms with Gasteiger partial charge in [-0.1, -0.05) is 28.1 Å². The van der Waals surface area contributed by atoms with Gasteiger partial charge in [-0.15, -0.1) is 0 Å². The lowest BCUT2D eigenvalue weighted by molar-refractivity contribution is -0.120. The molecular weight excluding hydrogens is 434 g/mol. The maximum Gasteiger partial charge on any atom is 0.226 e. The molecule has 0 bridgehead atoms. The summed E-state index contributed by atoms with van der Waals surface area (Å²) < 4.78 is 2.68. The lowest BCUT2D eigenvalue weighted by Gasteiger charge is -2.18. The SMILES string of the molecule is CC(=O)NC(CC(=O)Nc1ccc(-n2nc(C)cc2C)nc1)c1ccc(Br)cc1. The normalized spacial score (nSPS) is 11.7. The van der Waals surface area contributed by atoms with Crippen molar-refractivity contribution in [3.63, 3.8) is 0 Å². The molecule has 2 heterocycles. The Balaban J connectivity index is 1.68. The van der Waals surface area contributed by atoms with Gasteiger partial charge >= 0.3 is 0 Å². The average Bonchev–Trinajstić information content (AvgIpc) is 3.00. The molecule has 2 aromatic heterocycles. The number of carbonyl (C=O) groups excluding carboxylic acids is 2. The third-order valence-electron chi connectivity index (χ3n) is 4.30. The molecule has 2 N–H and O–H groups in total. The number of amides is 2. The van der Waals surface area contributed by atoms with Crippen molar-refractivity contribution in [3.05, 3.63) is 70.1 Å². The zero-order valence-electron chi connectivity index (χ0n) is 16.4. The molecule has 1 unspecified atom stereocenters. The van der Waals surface area contributed by atoms with Gasteiger partial charge in [-0.2, -0.15) is 5.10 Å². The van der Waals surface area contributed by atoms with Crippen molar-refractivity contribution in [1.82, 2.24) is 20.1 Å². The molecule has 3 rings (SSSR count). The quantitative estimate of drug-likeness (QED) is 0.590. The second kappa shape index (κ2) is 9.00. The maximum absolute atomic E-state index is 12.5. The van der Waals surface area contributed by atoms with E-state index in [1.165, 1.54) is 6.92 Å². The Kier molecular flexibility index (Phi) is 6.43. The van der Waals surface area contributed by atoms with E-state index in [9.17, 15) is 9.59 Å². The van der Waals surface area contributed by atoms with Crippen LogP contribution < -0.4 is 10.6 Å². The lowest BCUT2D eigenvalue weighted by Crippen LogP contribution is -2.29. The number of halogens is 1. The summed E-state index contributed by atoms with van der Waals surface area (Å²) >= 11 is 3.39. The summed E-state index contributed by atoms with van der Waals surface area (Å²) in [5.41, 5.74) is 3.34. The lowest BCUT2D eigenvalue weighted by atomic mass is 10.0. The zero-order valence-corrected chi connectivity index (χ0v) is 18.0. The van der Waals surface area contributed by atoms with E-state index < -0.39 is 6.04 Å². The molecule has 0 saturated carbocycles. The number of nitrogens with zero attached hydrogens (tertiary/aromatic N) is 3. The summed E-state index contributed by atoms with van der Waals surface area (Å²) in [5, 5.41) is 10.1. The molecule has 8 heteroatoms. The monoisotopic (exact) mass is 455 g/mol. The first-order valence-corrected chi connectivity index (χ1v) is 9.93. The maximum atomic E-state index is 12.5. The topological polar surface area (TPSA) is 88.9 Å². The number of carbonyl (C=O) groups is 2. The first-order valence-electron chi connectivity index (χ1n) is 9.14. The van der Waals surface area contributed by atoms with Gasteiger partial charge in [-0.3, -0.25) is 9.59 Å². The van der Waals surface area contributed by atoms with Gasteiger partial charge in [0.05, 0.1) is 30.0 Å². The van der Waals surface area contributed by atoms with E-state index >= 15 is 0 Å². The molecule has 2 amide bonds. The second-order valence-electron chi connectivity index (χ2n) is 6.80. The molecule has 1 aromatic carbocycles. The predicted molar refractivity (Wildman–Crippen MR) is 115 cm³/mol. The number of hydrogen-bond acceptors (Lipinski definition) is 4. The number of nitrogens with one attached hydrogen (secondary N) is 2. The highest BCUT2D eigenvalue weighted by atomic mass is 79.9. The Bertz CT molecular complexity index is 1010. The molecule has 0 aliphatic rings. The summed E-state index contributed by atoms with van der Waals surface area (Å²) in [5.74, 6) is 0.272. The van der Waals surface area contributed by atoms with E-state index in [-0.39, 0.29) is 18.2 Å². The van der Waals surface area contributed by atoms with E-state index in [4.69, 9.17) is 0 Å². The van der Waals surface area contributed by atoms with Crippen molar-refractivity contribution in [2.45, 2.75) is 33.2 Å². The van der Waals surface area contributed by atoms with Crippen LogP contribution in [0, 0.1) is 13.8 Å². The van der Waals surface area contributed by atoms with E-state index in [1.54, 1.807) is 23.0 Å². The van der Waals surface area contributed by atoms with Crippen LogP contribution in [0.1, 0.15) is 36.3 Å². The minimum Gasteiger partial charge on any atom is -0.349 e. The van der Waals surface area contributed by atoms with Crippen LogP contribution in [0.3, 0.4) is 0 Å². The Morgan fingerprint density at radius 3 is 2.41 bits per heavy atom.